The van der Waals surface area contributed by atoms with Gasteiger partial charge in [0.05, 0.1) is 0 Å². The van der Waals surface area contributed by atoms with Crippen LogP contribution in [0.4, 0.5) is 8.78 Å². The summed E-state index contributed by atoms with van der Waals surface area (Å²) in [4.78, 5) is 0. The Balaban J connectivity index is 2.05. The molecular weight excluding hydrogens is 196 g/mol. The number of aromatic nitrogens is 1. The molecule has 3 heteroatoms. The molecule has 0 amide bonds. The smallest absolute Gasteiger partial charge is 0.126 e. The Morgan fingerprint density at radius 3 is 2.13 bits per heavy atom. The first-order chi connectivity index (χ1) is 7.24. The molecule has 0 aliphatic carbocycles. The third-order valence-corrected chi connectivity index (χ3v) is 2.25. The molecule has 0 bridgehead atoms. The fourth-order valence-electron chi connectivity index (χ4n) is 1.53. The molecule has 0 fully saturated rings. The maximum atomic E-state index is 12.8. The predicted molar refractivity (Wildman–Crippen MR) is 54.5 cm³/mol. The molecule has 2 aromatic rings. The standard InChI is InChI=1S/C12H11F2N/c13-11-7-10(8-12(14)9-11)3-6-15-4-1-2-5-15/h1-2,4-5,7-9H,3,6H2. The van der Waals surface area contributed by atoms with Crippen molar-refractivity contribution in [2.75, 3.05) is 0 Å². The van der Waals surface area contributed by atoms with Crippen LogP contribution in [0.25, 0.3) is 0 Å². The van der Waals surface area contributed by atoms with Gasteiger partial charge in [-0.3, -0.25) is 0 Å². The Bertz CT molecular complexity index is 415. The lowest BCUT2D eigenvalue weighted by Crippen LogP contribution is -1.99. The van der Waals surface area contributed by atoms with Crippen LogP contribution in [-0.2, 0) is 13.0 Å². The molecule has 1 aromatic carbocycles. The fourth-order valence-corrected chi connectivity index (χ4v) is 1.53. The number of hydrogen-bond donors (Lipinski definition) is 0. The molecule has 78 valence electrons. The molecular formula is C12H11F2N. The van der Waals surface area contributed by atoms with E-state index in [0.717, 1.165) is 12.6 Å². The normalized spacial score (nSPS) is 10.5. The van der Waals surface area contributed by atoms with E-state index in [1.54, 1.807) is 0 Å². The van der Waals surface area contributed by atoms with E-state index in [1.165, 1.54) is 12.1 Å². The van der Waals surface area contributed by atoms with Crippen LogP contribution in [0.1, 0.15) is 5.56 Å². The molecule has 0 aliphatic rings. The second kappa shape index (κ2) is 4.26. The summed E-state index contributed by atoms with van der Waals surface area (Å²) in [5.41, 5.74) is 0.682. The van der Waals surface area contributed by atoms with Crippen LogP contribution in [0.3, 0.4) is 0 Å². The van der Waals surface area contributed by atoms with Gasteiger partial charge in [0.15, 0.2) is 0 Å². The Morgan fingerprint density at radius 2 is 1.53 bits per heavy atom. The average Bonchev–Trinajstić information content (AvgIpc) is 2.65. The van der Waals surface area contributed by atoms with E-state index >= 15 is 0 Å². The number of aryl methyl sites for hydroxylation is 2. The zero-order valence-corrected chi connectivity index (χ0v) is 8.16. The van der Waals surface area contributed by atoms with Crippen LogP contribution >= 0.6 is 0 Å². The summed E-state index contributed by atoms with van der Waals surface area (Å²) >= 11 is 0. The van der Waals surface area contributed by atoms with Crippen LogP contribution in [0.5, 0.6) is 0 Å². The minimum Gasteiger partial charge on any atom is -0.354 e. The van der Waals surface area contributed by atoms with Gasteiger partial charge in [0.1, 0.15) is 11.6 Å². The molecule has 0 saturated carbocycles. The Morgan fingerprint density at radius 1 is 0.933 bits per heavy atom. The van der Waals surface area contributed by atoms with Crippen LogP contribution in [0.15, 0.2) is 42.7 Å². The quantitative estimate of drug-likeness (QED) is 0.729. The first-order valence-corrected chi connectivity index (χ1v) is 4.80. The Labute approximate surface area is 87.0 Å². The van der Waals surface area contributed by atoms with Gasteiger partial charge in [-0.1, -0.05) is 0 Å². The van der Waals surface area contributed by atoms with E-state index in [1.807, 2.05) is 29.1 Å². The summed E-state index contributed by atoms with van der Waals surface area (Å²) in [6.07, 6.45) is 4.48. The second-order valence-corrected chi connectivity index (χ2v) is 3.45. The SMILES string of the molecule is Fc1cc(F)cc(CCn2cccc2)c1. The highest BCUT2D eigenvalue weighted by molar-refractivity contribution is 5.18. The maximum absolute atomic E-state index is 12.8. The minimum absolute atomic E-state index is 0.516. The number of rotatable bonds is 3. The van der Waals surface area contributed by atoms with Crippen molar-refractivity contribution in [1.82, 2.24) is 4.57 Å². The molecule has 0 spiro atoms. The van der Waals surface area contributed by atoms with Crippen molar-refractivity contribution >= 4 is 0 Å². The first kappa shape index (κ1) is 9.90. The van der Waals surface area contributed by atoms with Gasteiger partial charge in [0.25, 0.3) is 0 Å². The van der Waals surface area contributed by atoms with E-state index in [0.29, 0.717) is 12.0 Å². The summed E-state index contributed by atoms with van der Waals surface area (Å²) in [6, 6.07) is 7.47. The summed E-state index contributed by atoms with van der Waals surface area (Å²) in [5, 5.41) is 0. The van der Waals surface area contributed by atoms with Crippen molar-refractivity contribution in [2.24, 2.45) is 0 Å². The van der Waals surface area contributed by atoms with Gasteiger partial charge in [-0.2, -0.15) is 0 Å². The van der Waals surface area contributed by atoms with E-state index in [-0.39, 0.29) is 0 Å². The monoisotopic (exact) mass is 207 g/mol. The average molecular weight is 207 g/mol. The molecule has 0 radical (unpaired) electrons. The first-order valence-electron chi connectivity index (χ1n) is 4.80. The van der Waals surface area contributed by atoms with Crippen LogP contribution < -0.4 is 0 Å². The van der Waals surface area contributed by atoms with E-state index < -0.39 is 11.6 Å². The van der Waals surface area contributed by atoms with Gasteiger partial charge in [-0.05, 0) is 36.2 Å². The molecule has 15 heavy (non-hydrogen) atoms. The summed E-state index contributed by atoms with van der Waals surface area (Å²) < 4.78 is 27.7. The molecule has 2 rings (SSSR count). The second-order valence-electron chi connectivity index (χ2n) is 3.45. The lowest BCUT2D eigenvalue weighted by molar-refractivity contribution is 0.576. The van der Waals surface area contributed by atoms with Gasteiger partial charge < -0.3 is 4.57 Å². The highest BCUT2D eigenvalue weighted by atomic mass is 19.1. The molecule has 1 aromatic heterocycles. The van der Waals surface area contributed by atoms with Gasteiger partial charge >= 0.3 is 0 Å². The third-order valence-electron chi connectivity index (χ3n) is 2.25. The van der Waals surface area contributed by atoms with Crippen molar-refractivity contribution in [1.29, 1.82) is 0 Å². The zero-order valence-electron chi connectivity index (χ0n) is 8.16. The van der Waals surface area contributed by atoms with Crippen molar-refractivity contribution in [3.63, 3.8) is 0 Å². The third kappa shape index (κ3) is 2.65. The van der Waals surface area contributed by atoms with E-state index in [2.05, 4.69) is 0 Å². The molecule has 0 unspecified atom stereocenters. The van der Waals surface area contributed by atoms with Crippen LogP contribution in [-0.4, -0.2) is 4.57 Å². The molecule has 0 aliphatic heterocycles. The Hall–Kier alpha value is -1.64. The lowest BCUT2D eigenvalue weighted by atomic mass is 10.1. The molecule has 1 nitrogen and oxygen atoms in total. The number of nitrogens with zero attached hydrogens (tertiary/aromatic N) is 1. The van der Waals surface area contributed by atoms with Gasteiger partial charge in [0.2, 0.25) is 0 Å². The van der Waals surface area contributed by atoms with Crippen molar-refractivity contribution < 1.29 is 8.78 Å². The van der Waals surface area contributed by atoms with Crippen molar-refractivity contribution in [3.05, 3.63) is 59.9 Å². The van der Waals surface area contributed by atoms with Crippen LogP contribution in [0.2, 0.25) is 0 Å². The lowest BCUT2D eigenvalue weighted by Gasteiger charge is -2.03. The summed E-state index contributed by atoms with van der Waals surface area (Å²) in [6.45, 7) is 0.732. The van der Waals surface area contributed by atoms with Crippen LogP contribution in [0, 0.1) is 11.6 Å². The summed E-state index contributed by atoms with van der Waals surface area (Å²) in [5.74, 6) is -1.03. The van der Waals surface area contributed by atoms with Gasteiger partial charge in [-0.25, -0.2) is 8.78 Å². The van der Waals surface area contributed by atoms with Gasteiger partial charge in [-0.15, -0.1) is 0 Å². The van der Waals surface area contributed by atoms with Crippen molar-refractivity contribution in [3.8, 4) is 0 Å². The largest absolute Gasteiger partial charge is 0.354 e. The molecule has 1 heterocycles. The topological polar surface area (TPSA) is 4.93 Å². The minimum atomic E-state index is -0.516. The Kier molecular flexibility index (Phi) is 2.81. The fraction of sp³-hybridized carbons (Fsp3) is 0.167. The summed E-state index contributed by atoms with van der Waals surface area (Å²) in [7, 11) is 0. The highest BCUT2D eigenvalue weighted by Gasteiger charge is 2.00. The number of benzene rings is 1. The van der Waals surface area contributed by atoms with Crippen molar-refractivity contribution in [2.45, 2.75) is 13.0 Å². The van der Waals surface area contributed by atoms with E-state index in [9.17, 15) is 8.78 Å². The maximum Gasteiger partial charge on any atom is 0.126 e. The van der Waals surface area contributed by atoms with Gasteiger partial charge in [0, 0.05) is 25.0 Å². The predicted octanol–water partition coefficient (Wildman–Crippen LogP) is 3.01. The highest BCUT2D eigenvalue weighted by Crippen LogP contribution is 2.09. The number of hydrogen-bond acceptors (Lipinski definition) is 0. The number of halogens is 2. The van der Waals surface area contributed by atoms with E-state index in [4.69, 9.17) is 0 Å². The molecule has 0 saturated heterocycles. The molecule has 0 atom stereocenters. The zero-order chi connectivity index (χ0) is 10.7. The molecule has 0 N–H and O–H groups in total.